The monoisotopic (exact) mass is 283 g/mol. The highest BCUT2D eigenvalue weighted by atomic mass is 19.1. The van der Waals surface area contributed by atoms with Crippen molar-refractivity contribution >= 4 is 0 Å². The van der Waals surface area contributed by atoms with Crippen LogP contribution in [0, 0.1) is 12.7 Å². The van der Waals surface area contributed by atoms with Gasteiger partial charge in [0.2, 0.25) is 0 Å². The maximum absolute atomic E-state index is 13.9. The summed E-state index contributed by atoms with van der Waals surface area (Å²) in [6.45, 7) is 3.03. The van der Waals surface area contributed by atoms with Gasteiger partial charge in [0.15, 0.2) is 0 Å². The molecular weight excluding hydrogens is 261 g/mol. The highest BCUT2D eigenvalue weighted by molar-refractivity contribution is 5.29. The van der Waals surface area contributed by atoms with E-state index < -0.39 is 0 Å². The van der Waals surface area contributed by atoms with Crippen LogP contribution in [0.2, 0.25) is 0 Å². The molecule has 1 N–H and O–H groups in total. The Bertz CT molecular complexity index is 604. The Morgan fingerprint density at radius 1 is 1.14 bits per heavy atom. The topological polar surface area (TPSA) is 12.0 Å². The van der Waals surface area contributed by atoms with E-state index in [0.29, 0.717) is 12.0 Å². The second kappa shape index (κ2) is 6.40. The molecule has 1 nitrogen and oxygen atoms in total. The molecule has 0 amide bonds. The van der Waals surface area contributed by atoms with Gasteiger partial charge in [-0.05, 0) is 43.4 Å². The first kappa shape index (κ1) is 14.3. The fraction of sp³-hybridized carbons (Fsp3) is 0.368. The lowest BCUT2D eigenvalue weighted by molar-refractivity contribution is 0.552. The first-order valence-electron chi connectivity index (χ1n) is 7.76. The maximum atomic E-state index is 13.9. The van der Waals surface area contributed by atoms with Crippen LogP contribution in [-0.2, 0) is 6.42 Å². The molecule has 0 aromatic heterocycles. The second-order valence-electron chi connectivity index (χ2n) is 6.09. The predicted molar refractivity (Wildman–Crippen MR) is 85.0 cm³/mol. The number of rotatable bonds is 6. The van der Waals surface area contributed by atoms with Crippen LogP contribution in [0.1, 0.15) is 35.4 Å². The van der Waals surface area contributed by atoms with Gasteiger partial charge in [0.25, 0.3) is 0 Å². The molecule has 2 aromatic rings. The van der Waals surface area contributed by atoms with Crippen molar-refractivity contribution in [2.75, 3.05) is 6.54 Å². The number of nitrogens with one attached hydrogen (secondary N) is 1. The van der Waals surface area contributed by atoms with Gasteiger partial charge < -0.3 is 5.32 Å². The van der Waals surface area contributed by atoms with E-state index >= 15 is 0 Å². The van der Waals surface area contributed by atoms with Gasteiger partial charge in [-0.3, -0.25) is 0 Å². The number of aryl methyl sites for hydroxylation is 1. The van der Waals surface area contributed by atoms with Gasteiger partial charge in [0, 0.05) is 18.5 Å². The molecule has 0 heterocycles. The van der Waals surface area contributed by atoms with Crippen LogP contribution in [0.4, 0.5) is 4.39 Å². The summed E-state index contributed by atoms with van der Waals surface area (Å²) in [6.07, 6.45) is 3.30. The average molecular weight is 283 g/mol. The fourth-order valence-corrected chi connectivity index (χ4v) is 2.76. The van der Waals surface area contributed by atoms with Crippen LogP contribution in [-0.4, -0.2) is 12.6 Å². The van der Waals surface area contributed by atoms with E-state index in [-0.39, 0.29) is 5.82 Å². The second-order valence-corrected chi connectivity index (χ2v) is 6.09. The summed E-state index contributed by atoms with van der Waals surface area (Å²) < 4.78 is 13.9. The molecule has 1 saturated carbocycles. The Hall–Kier alpha value is -1.67. The van der Waals surface area contributed by atoms with Crippen molar-refractivity contribution in [3.63, 3.8) is 0 Å². The van der Waals surface area contributed by atoms with E-state index in [1.165, 1.54) is 24.0 Å². The molecule has 1 fully saturated rings. The molecule has 1 aliphatic rings. The SMILES string of the molecule is Cc1cccc(C(CNC2CC2)Cc2ccccc2F)c1. The first-order valence-corrected chi connectivity index (χ1v) is 7.76. The van der Waals surface area contributed by atoms with Crippen LogP contribution in [0.3, 0.4) is 0 Å². The smallest absolute Gasteiger partial charge is 0.126 e. The van der Waals surface area contributed by atoms with E-state index in [4.69, 9.17) is 0 Å². The van der Waals surface area contributed by atoms with E-state index in [2.05, 4.69) is 36.5 Å². The highest BCUT2D eigenvalue weighted by Crippen LogP contribution is 2.25. The molecule has 1 aliphatic carbocycles. The predicted octanol–water partition coefficient (Wildman–Crippen LogP) is 4.21. The Balaban J connectivity index is 1.79. The van der Waals surface area contributed by atoms with E-state index in [9.17, 15) is 4.39 Å². The zero-order valence-electron chi connectivity index (χ0n) is 12.5. The molecule has 1 unspecified atom stereocenters. The van der Waals surface area contributed by atoms with Gasteiger partial charge in [-0.1, -0.05) is 48.0 Å². The lowest BCUT2D eigenvalue weighted by Gasteiger charge is -2.19. The molecule has 2 heteroatoms. The molecule has 0 aliphatic heterocycles. The highest BCUT2D eigenvalue weighted by Gasteiger charge is 2.23. The first-order chi connectivity index (χ1) is 10.2. The van der Waals surface area contributed by atoms with Gasteiger partial charge in [-0.25, -0.2) is 4.39 Å². The molecule has 110 valence electrons. The van der Waals surface area contributed by atoms with Gasteiger partial charge in [0.05, 0.1) is 0 Å². The van der Waals surface area contributed by atoms with Gasteiger partial charge in [0.1, 0.15) is 5.82 Å². The number of hydrogen-bond donors (Lipinski definition) is 1. The Kier molecular flexibility index (Phi) is 4.35. The lowest BCUT2D eigenvalue weighted by atomic mass is 9.90. The third-order valence-corrected chi connectivity index (χ3v) is 4.17. The van der Waals surface area contributed by atoms with E-state index in [1.807, 2.05) is 12.1 Å². The fourth-order valence-electron chi connectivity index (χ4n) is 2.76. The average Bonchev–Trinajstić information content (AvgIpc) is 3.29. The molecule has 21 heavy (non-hydrogen) atoms. The van der Waals surface area contributed by atoms with Gasteiger partial charge in [-0.2, -0.15) is 0 Å². The number of halogens is 1. The van der Waals surface area contributed by atoms with Crippen LogP contribution in [0.25, 0.3) is 0 Å². The summed E-state index contributed by atoms with van der Waals surface area (Å²) in [4.78, 5) is 0. The molecule has 0 radical (unpaired) electrons. The molecule has 0 spiro atoms. The van der Waals surface area contributed by atoms with E-state index in [0.717, 1.165) is 18.5 Å². The minimum Gasteiger partial charge on any atom is -0.313 e. The maximum Gasteiger partial charge on any atom is 0.126 e. The summed E-state index contributed by atoms with van der Waals surface area (Å²) in [7, 11) is 0. The summed E-state index contributed by atoms with van der Waals surface area (Å²) in [5.41, 5.74) is 3.37. The number of benzene rings is 2. The molecule has 0 bridgehead atoms. The molecule has 0 saturated heterocycles. The van der Waals surface area contributed by atoms with Gasteiger partial charge >= 0.3 is 0 Å². The minimum absolute atomic E-state index is 0.0958. The van der Waals surface area contributed by atoms with Crippen molar-refractivity contribution in [2.24, 2.45) is 0 Å². The molecule has 3 rings (SSSR count). The van der Waals surface area contributed by atoms with Crippen molar-refractivity contribution in [1.29, 1.82) is 0 Å². The number of hydrogen-bond acceptors (Lipinski definition) is 1. The molecule has 2 aromatic carbocycles. The Labute approximate surface area is 126 Å². The van der Waals surface area contributed by atoms with Crippen LogP contribution in [0.15, 0.2) is 48.5 Å². The van der Waals surface area contributed by atoms with E-state index in [1.54, 1.807) is 12.1 Å². The van der Waals surface area contributed by atoms with Crippen molar-refractivity contribution in [1.82, 2.24) is 5.32 Å². The zero-order chi connectivity index (χ0) is 14.7. The third kappa shape index (κ3) is 3.92. The van der Waals surface area contributed by atoms with Crippen LogP contribution in [0.5, 0.6) is 0 Å². The summed E-state index contributed by atoms with van der Waals surface area (Å²) >= 11 is 0. The largest absolute Gasteiger partial charge is 0.313 e. The van der Waals surface area contributed by atoms with Crippen molar-refractivity contribution in [2.45, 2.75) is 38.1 Å². The Morgan fingerprint density at radius 3 is 2.67 bits per heavy atom. The zero-order valence-corrected chi connectivity index (χ0v) is 12.5. The summed E-state index contributed by atoms with van der Waals surface area (Å²) in [6, 6.07) is 16.4. The Morgan fingerprint density at radius 2 is 1.95 bits per heavy atom. The third-order valence-electron chi connectivity index (χ3n) is 4.17. The quantitative estimate of drug-likeness (QED) is 0.837. The van der Waals surface area contributed by atoms with Crippen LogP contribution < -0.4 is 5.32 Å². The van der Waals surface area contributed by atoms with Crippen molar-refractivity contribution in [3.8, 4) is 0 Å². The van der Waals surface area contributed by atoms with Crippen molar-refractivity contribution in [3.05, 3.63) is 71.0 Å². The van der Waals surface area contributed by atoms with Crippen LogP contribution >= 0.6 is 0 Å². The lowest BCUT2D eigenvalue weighted by Crippen LogP contribution is -2.25. The summed E-state index contributed by atoms with van der Waals surface area (Å²) in [5.74, 6) is 0.226. The standard InChI is InChI=1S/C19H22FN/c1-14-5-4-7-15(11-14)17(13-21-18-9-10-18)12-16-6-2-3-8-19(16)20/h2-8,11,17-18,21H,9-10,12-13H2,1H3. The molecular formula is C19H22FN. The minimum atomic E-state index is -0.0958. The summed E-state index contributed by atoms with van der Waals surface area (Å²) in [5, 5.41) is 3.59. The van der Waals surface area contributed by atoms with Crippen molar-refractivity contribution < 1.29 is 4.39 Å². The molecule has 1 atom stereocenters. The normalized spacial score (nSPS) is 15.9. The van der Waals surface area contributed by atoms with Gasteiger partial charge in [-0.15, -0.1) is 0 Å².